The van der Waals surface area contributed by atoms with E-state index in [0.29, 0.717) is 55.7 Å². The molecule has 1 heterocycles. The Kier molecular flexibility index (Phi) is 7.84. The summed E-state index contributed by atoms with van der Waals surface area (Å²) in [5.41, 5.74) is 1.70. The third-order valence-electron chi connectivity index (χ3n) is 4.69. The van der Waals surface area contributed by atoms with E-state index in [2.05, 4.69) is 11.9 Å². The van der Waals surface area contributed by atoms with Crippen molar-refractivity contribution in [1.29, 1.82) is 0 Å². The number of morpholine rings is 1. The SMILES string of the molecule is C=CCOc1ccc(/C=C/C(=O)Nc2ccccc2C(=O)N2CCOCC2)cc1OC. The van der Waals surface area contributed by atoms with Crippen molar-refractivity contribution in [3.8, 4) is 11.5 Å². The monoisotopic (exact) mass is 422 g/mol. The molecule has 1 saturated heterocycles. The highest BCUT2D eigenvalue weighted by Gasteiger charge is 2.21. The Morgan fingerprint density at radius 2 is 1.94 bits per heavy atom. The highest BCUT2D eigenvalue weighted by Crippen LogP contribution is 2.28. The lowest BCUT2D eigenvalue weighted by Crippen LogP contribution is -2.41. The zero-order valence-electron chi connectivity index (χ0n) is 17.5. The molecular formula is C24H26N2O5. The molecule has 0 aliphatic carbocycles. The van der Waals surface area contributed by atoms with Crippen molar-refractivity contribution in [2.75, 3.05) is 45.3 Å². The third kappa shape index (κ3) is 5.96. The van der Waals surface area contributed by atoms with Crippen molar-refractivity contribution in [2.24, 2.45) is 0 Å². The Labute approximate surface area is 181 Å². The van der Waals surface area contributed by atoms with E-state index in [1.807, 2.05) is 6.07 Å². The number of nitrogens with one attached hydrogen (secondary N) is 1. The molecule has 0 bridgehead atoms. The van der Waals surface area contributed by atoms with Gasteiger partial charge in [0.1, 0.15) is 6.61 Å². The van der Waals surface area contributed by atoms with Gasteiger partial charge in [0.2, 0.25) is 5.91 Å². The summed E-state index contributed by atoms with van der Waals surface area (Å²) < 4.78 is 16.2. The first-order valence-electron chi connectivity index (χ1n) is 9.99. The van der Waals surface area contributed by atoms with Crippen molar-refractivity contribution in [2.45, 2.75) is 0 Å². The average Bonchev–Trinajstić information content (AvgIpc) is 2.82. The fourth-order valence-electron chi connectivity index (χ4n) is 3.12. The van der Waals surface area contributed by atoms with Gasteiger partial charge < -0.3 is 24.4 Å². The molecule has 7 nitrogen and oxygen atoms in total. The van der Waals surface area contributed by atoms with Crippen LogP contribution in [0.3, 0.4) is 0 Å². The second-order valence-corrected chi connectivity index (χ2v) is 6.78. The first kappa shape index (κ1) is 22.1. The zero-order valence-corrected chi connectivity index (χ0v) is 17.5. The fourth-order valence-corrected chi connectivity index (χ4v) is 3.12. The van der Waals surface area contributed by atoms with E-state index in [1.165, 1.54) is 6.08 Å². The summed E-state index contributed by atoms with van der Waals surface area (Å²) in [7, 11) is 1.55. The van der Waals surface area contributed by atoms with Gasteiger partial charge in [-0.05, 0) is 35.9 Å². The lowest BCUT2D eigenvalue weighted by molar-refractivity contribution is -0.111. The summed E-state index contributed by atoms with van der Waals surface area (Å²) in [6, 6.07) is 12.4. The number of carbonyl (C=O) groups is 2. The molecule has 1 fully saturated rings. The first-order valence-corrected chi connectivity index (χ1v) is 9.99. The predicted octanol–water partition coefficient (Wildman–Crippen LogP) is 3.38. The fraction of sp³-hybridized carbons (Fsp3) is 0.250. The molecule has 0 radical (unpaired) electrons. The molecule has 0 aromatic heterocycles. The maximum absolute atomic E-state index is 12.8. The molecule has 2 amide bonds. The Morgan fingerprint density at radius 1 is 1.16 bits per heavy atom. The second-order valence-electron chi connectivity index (χ2n) is 6.78. The van der Waals surface area contributed by atoms with Gasteiger partial charge in [0.15, 0.2) is 11.5 Å². The standard InChI is InChI=1S/C24H26N2O5/c1-3-14-31-21-10-8-18(17-22(21)29-2)9-11-23(27)25-20-7-5-4-6-19(20)24(28)26-12-15-30-16-13-26/h3-11,17H,1,12-16H2,2H3,(H,25,27)/b11-9+. The van der Waals surface area contributed by atoms with Crippen LogP contribution in [0.15, 0.2) is 61.2 Å². The van der Waals surface area contributed by atoms with Crippen LogP contribution in [0.4, 0.5) is 5.69 Å². The van der Waals surface area contributed by atoms with Crippen molar-refractivity contribution >= 4 is 23.6 Å². The molecule has 2 aromatic carbocycles. The number of hydrogen-bond donors (Lipinski definition) is 1. The molecule has 0 saturated carbocycles. The average molecular weight is 422 g/mol. The van der Waals surface area contributed by atoms with Gasteiger partial charge in [0.05, 0.1) is 31.6 Å². The molecule has 0 atom stereocenters. The number of ether oxygens (including phenoxy) is 3. The number of carbonyl (C=O) groups excluding carboxylic acids is 2. The largest absolute Gasteiger partial charge is 0.493 e. The van der Waals surface area contributed by atoms with Crippen molar-refractivity contribution < 1.29 is 23.8 Å². The lowest BCUT2D eigenvalue weighted by atomic mass is 10.1. The maximum atomic E-state index is 12.8. The Morgan fingerprint density at radius 3 is 2.68 bits per heavy atom. The summed E-state index contributed by atoms with van der Waals surface area (Å²) in [6.07, 6.45) is 4.73. The van der Waals surface area contributed by atoms with Gasteiger partial charge in [-0.25, -0.2) is 0 Å². The molecular weight excluding hydrogens is 396 g/mol. The number of hydrogen-bond acceptors (Lipinski definition) is 5. The lowest BCUT2D eigenvalue weighted by Gasteiger charge is -2.27. The van der Waals surface area contributed by atoms with Crippen LogP contribution >= 0.6 is 0 Å². The maximum Gasteiger partial charge on any atom is 0.256 e. The van der Waals surface area contributed by atoms with Crippen molar-refractivity contribution in [1.82, 2.24) is 4.90 Å². The van der Waals surface area contributed by atoms with Gasteiger partial charge in [-0.2, -0.15) is 0 Å². The zero-order chi connectivity index (χ0) is 22.1. The minimum absolute atomic E-state index is 0.122. The second kappa shape index (κ2) is 11.0. The molecule has 162 valence electrons. The van der Waals surface area contributed by atoms with Gasteiger partial charge in [-0.1, -0.05) is 30.9 Å². The van der Waals surface area contributed by atoms with E-state index >= 15 is 0 Å². The van der Waals surface area contributed by atoms with Crippen LogP contribution in [0.5, 0.6) is 11.5 Å². The Hall–Kier alpha value is -3.58. The van der Waals surface area contributed by atoms with Gasteiger partial charge in [0.25, 0.3) is 5.91 Å². The molecule has 1 N–H and O–H groups in total. The van der Waals surface area contributed by atoms with Crippen LogP contribution in [0.2, 0.25) is 0 Å². The molecule has 0 spiro atoms. The molecule has 31 heavy (non-hydrogen) atoms. The predicted molar refractivity (Wildman–Crippen MR) is 120 cm³/mol. The highest BCUT2D eigenvalue weighted by molar-refractivity contribution is 6.07. The van der Waals surface area contributed by atoms with Crippen LogP contribution in [0.1, 0.15) is 15.9 Å². The number of para-hydroxylation sites is 1. The number of amides is 2. The smallest absolute Gasteiger partial charge is 0.256 e. The molecule has 3 rings (SSSR count). The van der Waals surface area contributed by atoms with Gasteiger partial charge in [-0.15, -0.1) is 0 Å². The van der Waals surface area contributed by atoms with E-state index in [1.54, 1.807) is 60.6 Å². The molecule has 1 aliphatic heterocycles. The van der Waals surface area contributed by atoms with Crippen molar-refractivity contribution in [3.05, 3.63) is 72.3 Å². The molecule has 2 aromatic rings. The van der Waals surface area contributed by atoms with E-state index < -0.39 is 0 Å². The van der Waals surface area contributed by atoms with Crippen LogP contribution in [-0.4, -0.2) is 56.7 Å². The number of anilines is 1. The number of rotatable bonds is 8. The summed E-state index contributed by atoms with van der Waals surface area (Å²) in [5.74, 6) is 0.696. The summed E-state index contributed by atoms with van der Waals surface area (Å²) in [5, 5.41) is 2.80. The van der Waals surface area contributed by atoms with Gasteiger partial charge in [0, 0.05) is 19.2 Å². The van der Waals surface area contributed by atoms with E-state index in [4.69, 9.17) is 14.2 Å². The quantitative estimate of drug-likeness (QED) is 0.521. The van der Waals surface area contributed by atoms with Gasteiger partial charge >= 0.3 is 0 Å². The molecule has 7 heteroatoms. The van der Waals surface area contributed by atoms with E-state index in [-0.39, 0.29) is 11.8 Å². The minimum Gasteiger partial charge on any atom is -0.493 e. The van der Waals surface area contributed by atoms with Crippen LogP contribution in [0.25, 0.3) is 6.08 Å². The summed E-state index contributed by atoms with van der Waals surface area (Å²) in [4.78, 5) is 27.0. The number of benzene rings is 2. The van der Waals surface area contributed by atoms with Crippen LogP contribution in [0, 0.1) is 0 Å². The van der Waals surface area contributed by atoms with E-state index in [9.17, 15) is 9.59 Å². The minimum atomic E-state index is -0.340. The van der Waals surface area contributed by atoms with Crippen LogP contribution in [-0.2, 0) is 9.53 Å². The van der Waals surface area contributed by atoms with E-state index in [0.717, 1.165) is 5.56 Å². The summed E-state index contributed by atoms with van der Waals surface area (Å²) >= 11 is 0. The number of nitrogens with zero attached hydrogens (tertiary/aromatic N) is 1. The normalized spacial score (nSPS) is 13.6. The topological polar surface area (TPSA) is 77.1 Å². The highest BCUT2D eigenvalue weighted by atomic mass is 16.5. The third-order valence-corrected chi connectivity index (χ3v) is 4.69. The first-order chi connectivity index (χ1) is 15.1. The summed E-state index contributed by atoms with van der Waals surface area (Å²) in [6.45, 7) is 6.11. The van der Waals surface area contributed by atoms with Crippen LogP contribution < -0.4 is 14.8 Å². The Bertz CT molecular complexity index is 964. The molecule has 1 aliphatic rings. The Balaban J connectivity index is 1.69. The van der Waals surface area contributed by atoms with Crippen molar-refractivity contribution in [3.63, 3.8) is 0 Å². The number of methoxy groups -OCH3 is 1. The molecule has 0 unspecified atom stereocenters. The van der Waals surface area contributed by atoms with Gasteiger partial charge in [-0.3, -0.25) is 9.59 Å².